The number of nitrogens with one attached hydrogen (secondary N) is 1. The molecule has 1 amide bonds. The number of benzene rings is 1. The summed E-state index contributed by atoms with van der Waals surface area (Å²) in [6.07, 6.45) is 7.78. The molecule has 0 saturated heterocycles. The highest BCUT2D eigenvalue weighted by atomic mass is 16.1. The maximum absolute atomic E-state index is 12.7. The first kappa shape index (κ1) is 17.1. The van der Waals surface area contributed by atoms with Crippen molar-refractivity contribution in [3.63, 3.8) is 0 Å². The van der Waals surface area contributed by atoms with Crippen molar-refractivity contribution in [3.8, 4) is 0 Å². The average Bonchev–Trinajstić information content (AvgIpc) is 2.59. The maximum Gasteiger partial charge on any atom is 0.223 e. The standard InChI is InChI=1S/C22H32N2O/c1-24(15-16-6-3-2-4-7-16)9-5-8-23-22(25)21-19-11-17-10-18(13-19)14-20(21)12-17/h2-4,6-7,17-21H,5,8-15H2,1H3,(H,23,25). The van der Waals surface area contributed by atoms with Gasteiger partial charge in [-0.1, -0.05) is 30.3 Å². The lowest BCUT2D eigenvalue weighted by Crippen LogP contribution is -2.51. The Balaban J connectivity index is 1.18. The SMILES string of the molecule is CN(CCCNC(=O)C1C2CC3CC(C2)CC1C3)Cc1ccccc1. The molecule has 1 aromatic rings. The molecule has 3 nitrogen and oxygen atoms in total. The quantitative estimate of drug-likeness (QED) is 0.768. The van der Waals surface area contributed by atoms with Gasteiger partial charge in [-0.05, 0) is 81.4 Å². The zero-order valence-electron chi connectivity index (χ0n) is 15.5. The van der Waals surface area contributed by atoms with E-state index in [-0.39, 0.29) is 0 Å². The van der Waals surface area contributed by atoms with Crippen LogP contribution in [0.25, 0.3) is 0 Å². The number of hydrogen-bond acceptors (Lipinski definition) is 2. The summed E-state index contributed by atoms with van der Waals surface area (Å²) in [4.78, 5) is 15.1. The predicted octanol–water partition coefficient (Wildman–Crippen LogP) is 3.70. The lowest BCUT2D eigenvalue weighted by atomic mass is 9.51. The molecule has 0 atom stereocenters. The summed E-state index contributed by atoms with van der Waals surface area (Å²) in [6, 6.07) is 10.6. The molecule has 0 unspecified atom stereocenters. The second-order valence-corrected chi connectivity index (χ2v) is 8.82. The van der Waals surface area contributed by atoms with E-state index in [0.717, 1.165) is 37.9 Å². The minimum Gasteiger partial charge on any atom is -0.356 e. The Morgan fingerprint density at radius 2 is 1.68 bits per heavy atom. The van der Waals surface area contributed by atoms with Crippen molar-refractivity contribution in [2.45, 2.75) is 45.1 Å². The molecule has 4 saturated carbocycles. The van der Waals surface area contributed by atoms with Crippen molar-refractivity contribution < 1.29 is 4.79 Å². The van der Waals surface area contributed by atoms with Crippen LogP contribution < -0.4 is 5.32 Å². The van der Waals surface area contributed by atoms with Crippen LogP contribution in [0.1, 0.15) is 44.1 Å². The van der Waals surface area contributed by atoms with Crippen LogP contribution in [0.5, 0.6) is 0 Å². The van der Waals surface area contributed by atoms with Gasteiger partial charge in [0.05, 0.1) is 0 Å². The van der Waals surface area contributed by atoms with E-state index in [4.69, 9.17) is 0 Å². The van der Waals surface area contributed by atoms with Crippen molar-refractivity contribution in [2.24, 2.45) is 29.6 Å². The Bertz CT molecular complexity index is 557. The molecule has 5 rings (SSSR count). The van der Waals surface area contributed by atoms with E-state index in [0.29, 0.717) is 23.7 Å². The van der Waals surface area contributed by atoms with Crippen molar-refractivity contribution in [2.75, 3.05) is 20.1 Å². The number of hydrogen-bond donors (Lipinski definition) is 1. The third kappa shape index (κ3) is 3.92. The van der Waals surface area contributed by atoms with Gasteiger partial charge >= 0.3 is 0 Å². The first-order valence-corrected chi connectivity index (χ1v) is 10.2. The van der Waals surface area contributed by atoms with E-state index in [1.54, 1.807) is 0 Å². The van der Waals surface area contributed by atoms with E-state index in [1.807, 2.05) is 0 Å². The first-order valence-electron chi connectivity index (χ1n) is 10.2. The normalized spacial score (nSPS) is 33.0. The van der Waals surface area contributed by atoms with Gasteiger partial charge in [0, 0.05) is 19.0 Å². The highest BCUT2D eigenvalue weighted by Gasteiger charge is 2.50. The number of carbonyl (C=O) groups excluding carboxylic acids is 1. The van der Waals surface area contributed by atoms with Gasteiger partial charge in [0.15, 0.2) is 0 Å². The van der Waals surface area contributed by atoms with Crippen molar-refractivity contribution in [1.29, 1.82) is 0 Å². The maximum atomic E-state index is 12.7. The van der Waals surface area contributed by atoms with Crippen LogP contribution in [0.2, 0.25) is 0 Å². The van der Waals surface area contributed by atoms with Crippen LogP contribution >= 0.6 is 0 Å². The monoisotopic (exact) mass is 340 g/mol. The minimum atomic E-state index is 0.329. The summed E-state index contributed by atoms with van der Waals surface area (Å²) in [5.41, 5.74) is 1.35. The van der Waals surface area contributed by atoms with Crippen LogP contribution in [-0.4, -0.2) is 30.9 Å². The molecular weight excluding hydrogens is 308 g/mol. The Morgan fingerprint density at radius 3 is 2.32 bits per heavy atom. The third-order valence-electron chi connectivity index (χ3n) is 6.84. The van der Waals surface area contributed by atoms with Gasteiger partial charge in [-0.15, -0.1) is 0 Å². The Morgan fingerprint density at radius 1 is 1.04 bits per heavy atom. The summed E-state index contributed by atoms with van der Waals surface area (Å²) in [5.74, 6) is 3.96. The van der Waals surface area contributed by atoms with Gasteiger partial charge in [0.2, 0.25) is 5.91 Å². The molecule has 136 valence electrons. The third-order valence-corrected chi connectivity index (χ3v) is 6.84. The van der Waals surface area contributed by atoms with E-state index in [2.05, 4.69) is 47.6 Å². The zero-order valence-corrected chi connectivity index (χ0v) is 15.5. The Labute approximate surface area is 152 Å². The number of carbonyl (C=O) groups is 1. The Kier molecular flexibility index (Phi) is 5.12. The molecule has 0 spiro atoms. The van der Waals surface area contributed by atoms with Crippen molar-refractivity contribution in [1.82, 2.24) is 10.2 Å². The van der Waals surface area contributed by atoms with Gasteiger partial charge in [-0.2, -0.15) is 0 Å². The number of amides is 1. The summed E-state index contributed by atoms with van der Waals surface area (Å²) < 4.78 is 0. The fourth-order valence-corrected chi connectivity index (χ4v) is 6.01. The molecule has 0 aromatic heterocycles. The van der Waals surface area contributed by atoms with Crippen LogP contribution in [0.3, 0.4) is 0 Å². The number of rotatable bonds is 7. The number of nitrogens with zero attached hydrogens (tertiary/aromatic N) is 1. The van der Waals surface area contributed by atoms with Crippen LogP contribution in [-0.2, 0) is 11.3 Å². The van der Waals surface area contributed by atoms with Crippen LogP contribution in [0.4, 0.5) is 0 Å². The van der Waals surface area contributed by atoms with Crippen LogP contribution in [0, 0.1) is 29.6 Å². The zero-order chi connectivity index (χ0) is 17.2. The molecule has 0 heterocycles. The first-order chi connectivity index (χ1) is 12.2. The van der Waals surface area contributed by atoms with E-state index >= 15 is 0 Å². The molecule has 0 radical (unpaired) electrons. The smallest absolute Gasteiger partial charge is 0.223 e. The van der Waals surface area contributed by atoms with Crippen molar-refractivity contribution in [3.05, 3.63) is 35.9 Å². The minimum absolute atomic E-state index is 0.329. The van der Waals surface area contributed by atoms with Gasteiger partial charge < -0.3 is 10.2 Å². The van der Waals surface area contributed by atoms with Gasteiger partial charge in [-0.3, -0.25) is 4.79 Å². The summed E-state index contributed by atoms with van der Waals surface area (Å²) in [7, 11) is 2.16. The summed E-state index contributed by atoms with van der Waals surface area (Å²) in [5, 5.41) is 3.26. The molecule has 25 heavy (non-hydrogen) atoms. The summed E-state index contributed by atoms with van der Waals surface area (Å²) in [6.45, 7) is 2.82. The lowest BCUT2D eigenvalue weighted by molar-refractivity contribution is -0.138. The molecule has 3 heteroatoms. The molecule has 1 N–H and O–H groups in total. The molecular formula is C22H32N2O. The second kappa shape index (κ2) is 7.49. The fraction of sp³-hybridized carbons (Fsp3) is 0.682. The molecule has 4 aliphatic carbocycles. The predicted molar refractivity (Wildman–Crippen MR) is 101 cm³/mol. The summed E-state index contributed by atoms with van der Waals surface area (Å²) >= 11 is 0. The lowest BCUT2D eigenvalue weighted by Gasteiger charge is -2.53. The van der Waals surface area contributed by atoms with Gasteiger partial charge in [-0.25, -0.2) is 0 Å². The fourth-order valence-electron chi connectivity index (χ4n) is 6.01. The molecule has 4 fully saturated rings. The molecule has 4 aliphatic rings. The van der Waals surface area contributed by atoms with Crippen LogP contribution in [0.15, 0.2) is 30.3 Å². The highest BCUT2D eigenvalue weighted by Crippen LogP contribution is 2.56. The highest BCUT2D eigenvalue weighted by molar-refractivity contribution is 5.79. The molecule has 4 bridgehead atoms. The largest absolute Gasteiger partial charge is 0.356 e. The Hall–Kier alpha value is -1.35. The second-order valence-electron chi connectivity index (χ2n) is 8.82. The van der Waals surface area contributed by atoms with E-state index in [1.165, 1.54) is 37.7 Å². The van der Waals surface area contributed by atoms with Gasteiger partial charge in [0.1, 0.15) is 0 Å². The molecule has 0 aliphatic heterocycles. The topological polar surface area (TPSA) is 32.3 Å². The van der Waals surface area contributed by atoms with Crippen molar-refractivity contribution >= 4 is 5.91 Å². The van der Waals surface area contributed by atoms with E-state index < -0.39 is 0 Å². The average molecular weight is 341 g/mol. The molecule has 1 aromatic carbocycles. The van der Waals surface area contributed by atoms with E-state index in [9.17, 15) is 4.79 Å². The van der Waals surface area contributed by atoms with Gasteiger partial charge in [0.25, 0.3) is 0 Å².